The predicted octanol–water partition coefficient (Wildman–Crippen LogP) is 4.56. The quantitative estimate of drug-likeness (QED) is 0.767. The molecule has 0 amide bonds. The average Bonchev–Trinajstić information content (AvgIpc) is 2.55. The van der Waals surface area contributed by atoms with Gasteiger partial charge in [-0.3, -0.25) is 0 Å². The maximum atomic E-state index is 4.72. The lowest BCUT2D eigenvalue weighted by molar-refractivity contribution is 0.785. The van der Waals surface area contributed by atoms with E-state index in [1.54, 1.807) is 0 Å². The number of rotatable bonds is 4. The first-order chi connectivity index (χ1) is 11.0. The van der Waals surface area contributed by atoms with Gasteiger partial charge in [0.2, 0.25) is 0 Å². The van der Waals surface area contributed by atoms with Crippen LogP contribution >= 0.6 is 0 Å². The number of fused-ring (bicyclic) bond motifs is 1. The van der Waals surface area contributed by atoms with Gasteiger partial charge in [0.05, 0.1) is 5.52 Å². The Morgan fingerprint density at radius 2 is 1.61 bits per heavy atom. The van der Waals surface area contributed by atoms with Crippen LogP contribution in [0, 0.1) is 0 Å². The summed E-state index contributed by atoms with van der Waals surface area (Å²) >= 11 is 0. The summed E-state index contributed by atoms with van der Waals surface area (Å²) in [4.78, 5) is 11.5. The van der Waals surface area contributed by atoms with E-state index in [-0.39, 0.29) is 5.92 Å². The fourth-order valence-electron chi connectivity index (χ4n) is 2.43. The van der Waals surface area contributed by atoms with E-state index in [2.05, 4.69) is 59.4 Å². The number of hydrogen-bond acceptors (Lipinski definition) is 4. The third-order valence-electron chi connectivity index (χ3n) is 3.78. The number of para-hydroxylation sites is 1. The van der Waals surface area contributed by atoms with Crippen molar-refractivity contribution in [1.29, 1.82) is 0 Å². The van der Waals surface area contributed by atoms with Gasteiger partial charge in [0, 0.05) is 36.8 Å². The fourth-order valence-corrected chi connectivity index (χ4v) is 2.43. The molecule has 0 aliphatic rings. The van der Waals surface area contributed by atoms with Crippen molar-refractivity contribution in [3.8, 4) is 0 Å². The van der Waals surface area contributed by atoms with Gasteiger partial charge in [-0.05, 0) is 36.4 Å². The number of nitrogens with one attached hydrogen (secondary N) is 1. The summed E-state index contributed by atoms with van der Waals surface area (Å²) < 4.78 is 0. The van der Waals surface area contributed by atoms with Crippen molar-refractivity contribution in [2.45, 2.75) is 19.8 Å². The molecule has 1 N–H and O–H groups in total. The van der Waals surface area contributed by atoms with E-state index in [4.69, 9.17) is 4.98 Å². The van der Waals surface area contributed by atoms with Gasteiger partial charge in [-0.1, -0.05) is 26.0 Å². The van der Waals surface area contributed by atoms with Crippen LogP contribution in [0.25, 0.3) is 10.9 Å². The van der Waals surface area contributed by atoms with Gasteiger partial charge in [-0.25, -0.2) is 9.97 Å². The molecule has 1 aromatic heterocycles. The molecule has 23 heavy (non-hydrogen) atoms. The maximum absolute atomic E-state index is 4.72. The smallest absolute Gasteiger partial charge is 0.142 e. The average molecular weight is 306 g/mol. The maximum Gasteiger partial charge on any atom is 0.142 e. The van der Waals surface area contributed by atoms with Crippen molar-refractivity contribution in [1.82, 2.24) is 9.97 Å². The molecule has 0 unspecified atom stereocenters. The van der Waals surface area contributed by atoms with Crippen LogP contribution in [0.3, 0.4) is 0 Å². The minimum Gasteiger partial charge on any atom is -0.378 e. The molecule has 0 spiro atoms. The number of aromatic nitrogens is 2. The number of hydrogen-bond donors (Lipinski definition) is 1. The molecule has 0 saturated carbocycles. The summed E-state index contributed by atoms with van der Waals surface area (Å²) in [6, 6.07) is 16.4. The second kappa shape index (κ2) is 6.24. The zero-order valence-corrected chi connectivity index (χ0v) is 14.0. The van der Waals surface area contributed by atoms with Crippen LogP contribution in [0.2, 0.25) is 0 Å². The lowest BCUT2D eigenvalue weighted by atomic mass is 10.1. The highest BCUT2D eigenvalue weighted by Gasteiger charge is 2.10. The molecule has 2 aromatic carbocycles. The zero-order chi connectivity index (χ0) is 16.4. The summed E-state index contributed by atoms with van der Waals surface area (Å²) in [6.07, 6.45) is 0. The summed E-state index contributed by atoms with van der Waals surface area (Å²) in [6.45, 7) is 4.22. The van der Waals surface area contributed by atoms with Gasteiger partial charge in [-0.15, -0.1) is 0 Å². The van der Waals surface area contributed by atoms with Crippen molar-refractivity contribution in [3.63, 3.8) is 0 Å². The van der Waals surface area contributed by atoms with Gasteiger partial charge < -0.3 is 10.2 Å². The number of benzene rings is 2. The monoisotopic (exact) mass is 306 g/mol. The van der Waals surface area contributed by atoms with Gasteiger partial charge >= 0.3 is 0 Å². The summed E-state index contributed by atoms with van der Waals surface area (Å²) in [7, 11) is 4.07. The van der Waals surface area contributed by atoms with Crippen molar-refractivity contribution in [3.05, 3.63) is 54.4 Å². The van der Waals surface area contributed by atoms with Gasteiger partial charge in [0.1, 0.15) is 11.6 Å². The molecule has 118 valence electrons. The third kappa shape index (κ3) is 3.26. The Bertz CT molecular complexity index is 807. The van der Waals surface area contributed by atoms with E-state index in [0.29, 0.717) is 0 Å². The Hall–Kier alpha value is -2.62. The summed E-state index contributed by atoms with van der Waals surface area (Å²) in [5.41, 5.74) is 3.17. The molecule has 0 bridgehead atoms. The normalized spacial score (nSPS) is 11.0. The van der Waals surface area contributed by atoms with Crippen LogP contribution in [0.5, 0.6) is 0 Å². The highest BCUT2D eigenvalue weighted by molar-refractivity contribution is 5.90. The van der Waals surface area contributed by atoms with E-state index >= 15 is 0 Å². The Morgan fingerprint density at radius 3 is 2.26 bits per heavy atom. The van der Waals surface area contributed by atoms with E-state index in [1.807, 2.05) is 32.3 Å². The molecular formula is C19H22N4. The van der Waals surface area contributed by atoms with Gasteiger partial charge in [0.25, 0.3) is 0 Å². The highest BCUT2D eigenvalue weighted by Crippen LogP contribution is 2.26. The SMILES string of the molecule is CC(C)c1nc(Nc2ccc(N(C)C)cc2)c2ccccc2n1. The Balaban J connectivity index is 2.01. The molecule has 4 heteroatoms. The number of nitrogens with zero attached hydrogens (tertiary/aromatic N) is 3. The standard InChI is InChI=1S/C19H22N4/c1-13(2)18-21-17-8-6-5-7-16(17)19(22-18)20-14-9-11-15(12-10-14)23(3)4/h5-13H,1-4H3,(H,20,21,22). The van der Waals surface area contributed by atoms with Crippen molar-refractivity contribution < 1.29 is 0 Å². The van der Waals surface area contributed by atoms with Crippen LogP contribution < -0.4 is 10.2 Å². The molecule has 0 saturated heterocycles. The van der Waals surface area contributed by atoms with Crippen LogP contribution in [0.4, 0.5) is 17.2 Å². The van der Waals surface area contributed by atoms with Crippen molar-refractivity contribution in [2.75, 3.05) is 24.3 Å². The largest absolute Gasteiger partial charge is 0.378 e. The first-order valence-electron chi connectivity index (χ1n) is 7.85. The Morgan fingerprint density at radius 1 is 0.913 bits per heavy atom. The summed E-state index contributed by atoms with van der Waals surface area (Å²) in [5.74, 6) is 2.00. The minimum absolute atomic E-state index is 0.288. The lowest BCUT2D eigenvalue weighted by Crippen LogP contribution is -2.08. The van der Waals surface area contributed by atoms with E-state index in [1.165, 1.54) is 5.69 Å². The fraction of sp³-hybridized carbons (Fsp3) is 0.263. The van der Waals surface area contributed by atoms with Crippen molar-refractivity contribution >= 4 is 28.1 Å². The van der Waals surface area contributed by atoms with E-state index < -0.39 is 0 Å². The van der Waals surface area contributed by atoms with Gasteiger partial charge in [-0.2, -0.15) is 0 Å². The topological polar surface area (TPSA) is 41.1 Å². The molecule has 3 aromatic rings. The Kier molecular flexibility index (Phi) is 4.15. The molecule has 0 aliphatic carbocycles. The zero-order valence-electron chi connectivity index (χ0n) is 14.0. The molecular weight excluding hydrogens is 284 g/mol. The lowest BCUT2D eigenvalue weighted by Gasteiger charge is -2.15. The molecule has 0 fully saturated rings. The minimum atomic E-state index is 0.288. The first kappa shape index (κ1) is 15.3. The Labute approximate surface area is 137 Å². The third-order valence-corrected chi connectivity index (χ3v) is 3.78. The first-order valence-corrected chi connectivity index (χ1v) is 7.85. The number of anilines is 3. The second-order valence-corrected chi connectivity index (χ2v) is 6.17. The van der Waals surface area contributed by atoms with Crippen LogP contribution in [0.15, 0.2) is 48.5 Å². The molecule has 0 aliphatic heterocycles. The van der Waals surface area contributed by atoms with Crippen LogP contribution in [0.1, 0.15) is 25.6 Å². The molecule has 0 atom stereocenters. The van der Waals surface area contributed by atoms with Crippen molar-refractivity contribution in [2.24, 2.45) is 0 Å². The molecule has 0 radical (unpaired) electrons. The molecule has 4 nitrogen and oxygen atoms in total. The van der Waals surface area contributed by atoms with Crippen LogP contribution in [-0.2, 0) is 0 Å². The van der Waals surface area contributed by atoms with Gasteiger partial charge in [0.15, 0.2) is 0 Å². The molecule has 1 heterocycles. The predicted molar refractivity (Wildman–Crippen MR) is 97.7 cm³/mol. The van der Waals surface area contributed by atoms with E-state index in [9.17, 15) is 0 Å². The second-order valence-electron chi connectivity index (χ2n) is 6.17. The highest BCUT2D eigenvalue weighted by atomic mass is 15.1. The van der Waals surface area contributed by atoms with Crippen LogP contribution in [-0.4, -0.2) is 24.1 Å². The summed E-state index contributed by atoms with van der Waals surface area (Å²) in [5, 5.41) is 4.47. The van der Waals surface area contributed by atoms with E-state index in [0.717, 1.165) is 28.2 Å². The molecule has 3 rings (SSSR count).